The summed E-state index contributed by atoms with van der Waals surface area (Å²) in [5.74, 6) is -0.366. The van der Waals surface area contributed by atoms with Crippen LogP contribution in [0.5, 0.6) is 0 Å². The second-order valence-corrected chi connectivity index (χ2v) is 7.42. The van der Waals surface area contributed by atoms with E-state index in [0.29, 0.717) is 31.8 Å². The highest BCUT2D eigenvalue weighted by atomic mass is 16.5. The van der Waals surface area contributed by atoms with Gasteiger partial charge in [-0.3, -0.25) is 9.59 Å². The summed E-state index contributed by atoms with van der Waals surface area (Å²) in [7, 11) is 0. The molecule has 0 bridgehead atoms. The van der Waals surface area contributed by atoms with Crippen molar-refractivity contribution in [3.8, 4) is 0 Å². The number of likely N-dealkylation sites (tertiary alicyclic amines) is 1. The maximum atomic E-state index is 12.8. The van der Waals surface area contributed by atoms with Crippen LogP contribution in [0.4, 0.5) is 0 Å². The zero-order chi connectivity index (χ0) is 17.0. The fourth-order valence-corrected chi connectivity index (χ4v) is 3.98. The molecule has 0 spiro atoms. The molecule has 5 nitrogen and oxygen atoms in total. The van der Waals surface area contributed by atoms with Gasteiger partial charge in [-0.25, -0.2) is 0 Å². The van der Waals surface area contributed by atoms with Crippen LogP contribution in [0.25, 0.3) is 0 Å². The molecule has 2 rings (SSSR count). The number of carboxylic acid groups (broad SMARTS) is 1. The van der Waals surface area contributed by atoms with Crippen molar-refractivity contribution in [1.82, 2.24) is 4.90 Å². The minimum atomic E-state index is -0.746. The highest BCUT2D eigenvalue weighted by molar-refractivity contribution is 5.81. The van der Waals surface area contributed by atoms with Crippen molar-refractivity contribution in [2.24, 2.45) is 17.8 Å². The molecule has 0 radical (unpaired) electrons. The number of aliphatic carboxylic acids is 1. The monoisotopic (exact) mass is 325 g/mol. The molecule has 2 fully saturated rings. The zero-order valence-electron chi connectivity index (χ0n) is 14.7. The molecular weight excluding hydrogens is 294 g/mol. The third kappa shape index (κ3) is 4.69. The van der Waals surface area contributed by atoms with E-state index in [1.807, 2.05) is 18.7 Å². The summed E-state index contributed by atoms with van der Waals surface area (Å²) >= 11 is 0. The van der Waals surface area contributed by atoms with Gasteiger partial charge >= 0.3 is 5.97 Å². The average Bonchev–Trinajstić information content (AvgIpc) is 2.51. The van der Waals surface area contributed by atoms with Crippen LogP contribution in [0.1, 0.15) is 59.3 Å². The normalized spacial score (nSPS) is 33.3. The van der Waals surface area contributed by atoms with Crippen LogP contribution in [0.15, 0.2) is 0 Å². The van der Waals surface area contributed by atoms with Crippen LogP contribution in [0, 0.1) is 17.8 Å². The van der Waals surface area contributed by atoms with Crippen molar-refractivity contribution < 1.29 is 19.4 Å². The number of ether oxygens (including phenoxy) is 1. The third-order valence-electron chi connectivity index (χ3n) is 5.43. The molecule has 5 atom stereocenters. The summed E-state index contributed by atoms with van der Waals surface area (Å²) in [6.45, 7) is 7.21. The fourth-order valence-electron chi connectivity index (χ4n) is 3.98. The molecule has 1 saturated carbocycles. The van der Waals surface area contributed by atoms with Crippen molar-refractivity contribution >= 4 is 11.9 Å². The molecule has 1 aliphatic carbocycles. The Labute approximate surface area is 139 Å². The molecule has 1 aliphatic heterocycles. The van der Waals surface area contributed by atoms with Crippen molar-refractivity contribution in [1.29, 1.82) is 0 Å². The Morgan fingerprint density at radius 1 is 1.26 bits per heavy atom. The topological polar surface area (TPSA) is 66.8 Å². The van der Waals surface area contributed by atoms with Gasteiger partial charge in [0.25, 0.3) is 5.91 Å². The Hall–Kier alpha value is -1.10. The Morgan fingerprint density at radius 3 is 2.57 bits per heavy atom. The molecular formula is C18H31NO4. The van der Waals surface area contributed by atoms with E-state index in [9.17, 15) is 14.7 Å². The van der Waals surface area contributed by atoms with Gasteiger partial charge in [0.1, 0.15) is 6.10 Å². The molecule has 132 valence electrons. The molecule has 1 N–H and O–H groups in total. The number of hydrogen-bond acceptors (Lipinski definition) is 3. The highest BCUT2D eigenvalue weighted by Crippen LogP contribution is 2.28. The van der Waals surface area contributed by atoms with Crippen molar-refractivity contribution in [3.63, 3.8) is 0 Å². The largest absolute Gasteiger partial charge is 0.481 e. The Bertz CT molecular complexity index is 425. The van der Waals surface area contributed by atoms with Gasteiger partial charge in [0.2, 0.25) is 0 Å². The van der Waals surface area contributed by atoms with Crippen LogP contribution in [0.3, 0.4) is 0 Å². The number of nitrogens with zero attached hydrogens (tertiary/aromatic N) is 1. The Kier molecular flexibility index (Phi) is 6.45. The van der Waals surface area contributed by atoms with E-state index in [2.05, 4.69) is 6.92 Å². The molecule has 1 heterocycles. The van der Waals surface area contributed by atoms with Crippen LogP contribution in [0.2, 0.25) is 0 Å². The summed E-state index contributed by atoms with van der Waals surface area (Å²) < 4.78 is 6.13. The SMILES string of the molecule is CCC(OC1CCCC(C)C1)C(=O)N1CCC(C(=O)O)C(C)C1. The molecule has 5 heteroatoms. The summed E-state index contributed by atoms with van der Waals surface area (Å²) in [6, 6.07) is 0. The van der Waals surface area contributed by atoms with Gasteiger partial charge in [-0.1, -0.05) is 33.6 Å². The summed E-state index contributed by atoms with van der Waals surface area (Å²) in [5, 5.41) is 9.20. The predicted octanol–water partition coefficient (Wildman–Crippen LogP) is 2.93. The quantitative estimate of drug-likeness (QED) is 0.844. The summed E-state index contributed by atoms with van der Waals surface area (Å²) in [5.41, 5.74) is 0. The smallest absolute Gasteiger partial charge is 0.306 e. The summed E-state index contributed by atoms with van der Waals surface area (Å²) in [6.07, 6.45) is 5.56. The predicted molar refractivity (Wildman–Crippen MR) is 88.1 cm³/mol. The van der Waals surface area contributed by atoms with E-state index in [4.69, 9.17) is 4.74 Å². The number of rotatable bonds is 5. The maximum absolute atomic E-state index is 12.8. The lowest BCUT2D eigenvalue weighted by molar-refractivity contribution is -0.156. The standard InChI is InChI=1S/C18H31NO4/c1-4-16(23-14-7-5-6-12(2)10-14)17(20)19-9-8-15(18(21)22)13(3)11-19/h12-16H,4-11H2,1-3H3,(H,21,22). The first kappa shape index (κ1) is 18.2. The van der Waals surface area contributed by atoms with Crippen LogP contribution in [-0.4, -0.2) is 47.2 Å². The van der Waals surface area contributed by atoms with Crippen molar-refractivity contribution in [2.45, 2.75) is 71.5 Å². The maximum Gasteiger partial charge on any atom is 0.306 e. The van der Waals surface area contributed by atoms with Crippen LogP contribution >= 0.6 is 0 Å². The zero-order valence-corrected chi connectivity index (χ0v) is 14.7. The molecule has 0 aromatic rings. The van der Waals surface area contributed by atoms with Gasteiger partial charge in [0.05, 0.1) is 12.0 Å². The number of amides is 1. The first-order valence-electron chi connectivity index (χ1n) is 9.09. The fraction of sp³-hybridized carbons (Fsp3) is 0.889. The van der Waals surface area contributed by atoms with Crippen molar-refractivity contribution in [2.75, 3.05) is 13.1 Å². The third-order valence-corrected chi connectivity index (χ3v) is 5.43. The van der Waals surface area contributed by atoms with Gasteiger partial charge in [-0.05, 0) is 37.5 Å². The lowest BCUT2D eigenvalue weighted by atomic mass is 9.86. The molecule has 0 aromatic heterocycles. The van der Waals surface area contributed by atoms with Gasteiger partial charge in [0, 0.05) is 13.1 Å². The van der Waals surface area contributed by atoms with Gasteiger partial charge < -0.3 is 14.7 Å². The van der Waals surface area contributed by atoms with Crippen LogP contribution < -0.4 is 0 Å². The van der Waals surface area contributed by atoms with Gasteiger partial charge in [-0.2, -0.15) is 0 Å². The van der Waals surface area contributed by atoms with E-state index >= 15 is 0 Å². The van der Waals surface area contributed by atoms with Crippen molar-refractivity contribution in [3.05, 3.63) is 0 Å². The first-order valence-corrected chi connectivity index (χ1v) is 9.09. The molecule has 0 aromatic carbocycles. The number of piperidine rings is 1. The molecule has 5 unspecified atom stereocenters. The molecule has 1 amide bonds. The number of carbonyl (C=O) groups excluding carboxylic acids is 1. The first-order chi connectivity index (χ1) is 10.9. The minimum Gasteiger partial charge on any atom is -0.481 e. The lowest BCUT2D eigenvalue weighted by Crippen LogP contribution is -2.49. The second-order valence-electron chi connectivity index (χ2n) is 7.42. The molecule has 1 saturated heterocycles. The molecule has 23 heavy (non-hydrogen) atoms. The van der Waals surface area contributed by atoms with E-state index in [1.165, 1.54) is 12.8 Å². The number of hydrogen-bond donors (Lipinski definition) is 1. The van der Waals surface area contributed by atoms with E-state index < -0.39 is 5.97 Å². The second kappa shape index (κ2) is 8.13. The van der Waals surface area contributed by atoms with E-state index in [1.54, 1.807) is 0 Å². The number of carboxylic acids is 1. The highest BCUT2D eigenvalue weighted by Gasteiger charge is 2.36. The van der Waals surface area contributed by atoms with E-state index in [-0.39, 0.29) is 30.0 Å². The average molecular weight is 325 g/mol. The van der Waals surface area contributed by atoms with Crippen LogP contribution in [-0.2, 0) is 14.3 Å². The van der Waals surface area contributed by atoms with E-state index in [0.717, 1.165) is 12.8 Å². The summed E-state index contributed by atoms with van der Waals surface area (Å²) in [4.78, 5) is 25.8. The van der Waals surface area contributed by atoms with Gasteiger partial charge in [0.15, 0.2) is 0 Å². The lowest BCUT2D eigenvalue weighted by Gasteiger charge is -2.37. The number of carbonyl (C=O) groups is 2. The minimum absolute atomic E-state index is 0.00240. The van der Waals surface area contributed by atoms with Gasteiger partial charge in [-0.15, -0.1) is 0 Å². The molecule has 2 aliphatic rings. The Balaban J connectivity index is 1.91. The Morgan fingerprint density at radius 2 is 2.00 bits per heavy atom.